The fraction of sp³-hybridized carbons (Fsp3) is 0.250. The van der Waals surface area contributed by atoms with E-state index in [4.69, 9.17) is 10.5 Å². The fourth-order valence-electron chi connectivity index (χ4n) is 1.93. The van der Waals surface area contributed by atoms with Gasteiger partial charge >= 0.3 is 0 Å². The highest BCUT2D eigenvalue weighted by molar-refractivity contribution is 5.30. The topological polar surface area (TPSA) is 35.2 Å². The van der Waals surface area contributed by atoms with Crippen LogP contribution in [0.1, 0.15) is 22.8 Å². The van der Waals surface area contributed by atoms with Gasteiger partial charge in [-0.25, -0.2) is 4.39 Å². The number of halogens is 1. The molecule has 0 fully saturated rings. The monoisotopic (exact) mass is 259 g/mol. The molecule has 0 amide bonds. The minimum absolute atomic E-state index is 0.262. The van der Waals surface area contributed by atoms with Crippen LogP contribution in [0.4, 0.5) is 4.39 Å². The lowest BCUT2D eigenvalue weighted by Gasteiger charge is -2.18. The minimum Gasteiger partial charge on any atom is -0.484 e. The lowest BCUT2D eigenvalue weighted by atomic mass is 10.1. The molecule has 2 rings (SSSR count). The van der Waals surface area contributed by atoms with Crippen molar-refractivity contribution in [2.75, 3.05) is 6.54 Å². The Morgan fingerprint density at radius 1 is 1.16 bits per heavy atom. The van der Waals surface area contributed by atoms with Crippen molar-refractivity contribution in [2.45, 2.75) is 20.0 Å². The lowest BCUT2D eigenvalue weighted by molar-refractivity contribution is 0.213. The summed E-state index contributed by atoms with van der Waals surface area (Å²) in [5.41, 5.74) is 8.51. The van der Waals surface area contributed by atoms with E-state index >= 15 is 0 Å². The number of hydrogen-bond acceptors (Lipinski definition) is 2. The van der Waals surface area contributed by atoms with Crippen LogP contribution < -0.4 is 10.5 Å². The average Bonchev–Trinajstić information content (AvgIpc) is 2.40. The zero-order valence-corrected chi connectivity index (χ0v) is 11.2. The van der Waals surface area contributed by atoms with Crippen molar-refractivity contribution < 1.29 is 9.13 Å². The lowest BCUT2D eigenvalue weighted by Crippen LogP contribution is -2.18. The molecule has 2 nitrogen and oxygen atoms in total. The molecule has 0 saturated heterocycles. The Bertz CT molecular complexity index is 568. The highest BCUT2D eigenvalue weighted by Crippen LogP contribution is 2.23. The summed E-state index contributed by atoms with van der Waals surface area (Å²) < 4.78 is 19.3. The molecule has 0 aliphatic heterocycles. The van der Waals surface area contributed by atoms with E-state index in [1.807, 2.05) is 31.2 Å². The maximum absolute atomic E-state index is 13.5. The van der Waals surface area contributed by atoms with E-state index in [1.54, 1.807) is 19.1 Å². The van der Waals surface area contributed by atoms with Gasteiger partial charge in [0.2, 0.25) is 0 Å². The zero-order valence-electron chi connectivity index (χ0n) is 11.2. The summed E-state index contributed by atoms with van der Waals surface area (Å²) in [6, 6.07) is 12.8. The first-order valence-electron chi connectivity index (χ1n) is 6.29. The number of hydrogen-bond donors (Lipinski definition) is 1. The molecular weight excluding hydrogens is 241 g/mol. The normalized spacial score (nSPS) is 12.2. The van der Waals surface area contributed by atoms with Crippen molar-refractivity contribution >= 4 is 0 Å². The van der Waals surface area contributed by atoms with Crippen molar-refractivity contribution in [1.82, 2.24) is 0 Å². The Morgan fingerprint density at radius 3 is 2.58 bits per heavy atom. The predicted octanol–water partition coefficient (Wildman–Crippen LogP) is 3.52. The molecule has 2 aromatic carbocycles. The van der Waals surface area contributed by atoms with Gasteiger partial charge in [-0.15, -0.1) is 0 Å². The molecule has 100 valence electrons. The molecule has 0 aliphatic rings. The van der Waals surface area contributed by atoms with Gasteiger partial charge in [0.1, 0.15) is 17.7 Å². The molecule has 1 atom stereocenters. The van der Waals surface area contributed by atoms with E-state index in [-0.39, 0.29) is 11.9 Å². The zero-order chi connectivity index (χ0) is 13.8. The van der Waals surface area contributed by atoms with Gasteiger partial charge < -0.3 is 10.5 Å². The van der Waals surface area contributed by atoms with E-state index in [0.717, 1.165) is 11.1 Å². The van der Waals surface area contributed by atoms with Crippen LogP contribution in [0.2, 0.25) is 0 Å². The quantitative estimate of drug-likeness (QED) is 0.911. The van der Waals surface area contributed by atoms with Gasteiger partial charge in [0, 0.05) is 12.6 Å². The molecule has 2 N–H and O–H groups in total. The van der Waals surface area contributed by atoms with Crippen molar-refractivity contribution in [3.05, 3.63) is 65.0 Å². The van der Waals surface area contributed by atoms with Crippen LogP contribution >= 0.6 is 0 Å². The van der Waals surface area contributed by atoms with Gasteiger partial charge in [-0.05, 0) is 31.0 Å². The number of nitrogens with two attached hydrogens (primary N) is 1. The molecule has 0 spiro atoms. The van der Waals surface area contributed by atoms with Crippen LogP contribution in [-0.2, 0) is 0 Å². The molecule has 0 radical (unpaired) electrons. The standard InChI is InChI=1S/C16H18FNO/c1-11-4-3-5-13(8-11)16(10-18)19-14-7-6-12(2)15(17)9-14/h3-9,16H,10,18H2,1-2H3. The Hall–Kier alpha value is -1.87. The van der Waals surface area contributed by atoms with Gasteiger partial charge in [-0.1, -0.05) is 35.9 Å². The Labute approximate surface area is 113 Å². The first-order chi connectivity index (χ1) is 9.10. The third kappa shape index (κ3) is 3.32. The van der Waals surface area contributed by atoms with Crippen LogP contribution in [0, 0.1) is 19.7 Å². The number of aryl methyl sites for hydroxylation is 2. The second-order valence-electron chi connectivity index (χ2n) is 4.67. The van der Waals surface area contributed by atoms with E-state index in [9.17, 15) is 4.39 Å². The van der Waals surface area contributed by atoms with Crippen LogP contribution in [0.15, 0.2) is 42.5 Å². The van der Waals surface area contributed by atoms with Crippen LogP contribution in [0.3, 0.4) is 0 Å². The molecule has 0 bridgehead atoms. The fourth-order valence-corrected chi connectivity index (χ4v) is 1.93. The van der Waals surface area contributed by atoms with E-state index in [2.05, 4.69) is 0 Å². The van der Waals surface area contributed by atoms with Crippen molar-refractivity contribution in [3.63, 3.8) is 0 Å². The second-order valence-corrected chi connectivity index (χ2v) is 4.67. The van der Waals surface area contributed by atoms with E-state index in [0.29, 0.717) is 17.9 Å². The second kappa shape index (κ2) is 5.85. The van der Waals surface area contributed by atoms with Crippen molar-refractivity contribution in [1.29, 1.82) is 0 Å². The van der Waals surface area contributed by atoms with Crippen LogP contribution in [-0.4, -0.2) is 6.54 Å². The summed E-state index contributed by atoms with van der Waals surface area (Å²) in [6.07, 6.45) is -0.262. The molecule has 1 unspecified atom stereocenters. The van der Waals surface area contributed by atoms with Gasteiger partial charge in [-0.2, -0.15) is 0 Å². The molecule has 3 heteroatoms. The molecular formula is C16H18FNO. The average molecular weight is 259 g/mol. The number of rotatable bonds is 4. The number of benzene rings is 2. The summed E-state index contributed by atoms with van der Waals surface area (Å²) in [7, 11) is 0. The summed E-state index contributed by atoms with van der Waals surface area (Å²) >= 11 is 0. The Morgan fingerprint density at radius 2 is 1.95 bits per heavy atom. The maximum atomic E-state index is 13.5. The maximum Gasteiger partial charge on any atom is 0.136 e. The molecule has 0 saturated carbocycles. The third-order valence-corrected chi connectivity index (χ3v) is 3.05. The number of ether oxygens (including phenoxy) is 1. The Balaban J connectivity index is 2.21. The summed E-state index contributed by atoms with van der Waals surface area (Å²) in [4.78, 5) is 0. The predicted molar refractivity (Wildman–Crippen MR) is 74.7 cm³/mol. The van der Waals surface area contributed by atoms with E-state index < -0.39 is 0 Å². The smallest absolute Gasteiger partial charge is 0.136 e. The Kier molecular flexibility index (Phi) is 4.17. The summed E-state index contributed by atoms with van der Waals surface area (Å²) in [6.45, 7) is 4.08. The van der Waals surface area contributed by atoms with Gasteiger partial charge in [0.05, 0.1) is 0 Å². The van der Waals surface area contributed by atoms with Crippen molar-refractivity contribution in [3.8, 4) is 5.75 Å². The SMILES string of the molecule is Cc1cccc(C(CN)Oc2ccc(C)c(F)c2)c1. The third-order valence-electron chi connectivity index (χ3n) is 3.05. The molecule has 0 heterocycles. The molecule has 2 aromatic rings. The van der Waals surface area contributed by atoms with Gasteiger partial charge in [0.25, 0.3) is 0 Å². The molecule has 0 aliphatic carbocycles. The first-order valence-corrected chi connectivity index (χ1v) is 6.29. The largest absolute Gasteiger partial charge is 0.484 e. The first kappa shape index (κ1) is 13.6. The van der Waals surface area contributed by atoms with Gasteiger partial charge in [0.15, 0.2) is 0 Å². The van der Waals surface area contributed by atoms with Gasteiger partial charge in [-0.3, -0.25) is 0 Å². The van der Waals surface area contributed by atoms with Crippen LogP contribution in [0.5, 0.6) is 5.75 Å². The van der Waals surface area contributed by atoms with Crippen LogP contribution in [0.25, 0.3) is 0 Å². The molecule has 0 aromatic heterocycles. The minimum atomic E-state index is -0.266. The van der Waals surface area contributed by atoms with Crippen molar-refractivity contribution in [2.24, 2.45) is 5.73 Å². The summed E-state index contributed by atoms with van der Waals surface area (Å²) in [5.74, 6) is 0.234. The highest BCUT2D eigenvalue weighted by Gasteiger charge is 2.12. The molecule has 19 heavy (non-hydrogen) atoms. The van der Waals surface area contributed by atoms with E-state index in [1.165, 1.54) is 6.07 Å². The summed E-state index contributed by atoms with van der Waals surface area (Å²) in [5, 5.41) is 0. The highest BCUT2D eigenvalue weighted by atomic mass is 19.1.